The zero-order chi connectivity index (χ0) is 29.3. The lowest BCUT2D eigenvalue weighted by molar-refractivity contribution is -0.384. The number of ether oxygens (including phenoxy) is 2. The molecule has 0 saturated carbocycles. The first-order chi connectivity index (χ1) is 19.0. The molecule has 1 heterocycles. The summed E-state index contributed by atoms with van der Waals surface area (Å²) in [5, 5.41) is 13.7. The van der Waals surface area contributed by atoms with Crippen molar-refractivity contribution in [3.63, 3.8) is 0 Å². The zero-order valence-electron chi connectivity index (χ0n) is 22.1. The topological polar surface area (TPSA) is 175 Å². The minimum atomic E-state index is -4.23. The Labute approximate surface area is 233 Å². The summed E-state index contributed by atoms with van der Waals surface area (Å²) in [6, 6.07) is 12.4. The van der Waals surface area contributed by atoms with Gasteiger partial charge in [-0.1, -0.05) is 44.2 Å². The molecule has 0 bridgehead atoms. The number of carbonyl (C=O) groups excluding carboxylic acids is 1. The molecule has 1 aliphatic rings. The fourth-order valence-electron chi connectivity index (χ4n) is 4.20. The first-order valence-corrected chi connectivity index (χ1v) is 15.2. The van der Waals surface area contributed by atoms with E-state index in [2.05, 4.69) is 5.32 Å². The first-order valence-electron chi connectivity index (χ1n) is 12.6. The van der Waals surface area contributed by atoms with Crippen LogP contribution in [-0.4, -0.2) is 73.2 Å². The number of hydrogen-bond acceptors (Lipinski definition) is 9. The Morgan fingerprint density at radius 3 is 2.42 bits per heavy atom. The van der Waals surface area contributed by atoms with E-state index >= 15 is 0 Å². The van der Waals surface area contributed by atoms with Gasteiger partial charge in [-0.05, 0) is 30.0 Å². The summed E-state index contributed by atoms with van der Waals surface area (Å²) in [7, 11) is -7.43. The number of non-ortho nitro benzene ring substituents is 1. The molecule has 2 aromatic rings. The van der Waals surface area contributed by atoms with Gasteiger partial charge in [0.1, 0.15) is 6.10 Å². The lowest BCUT2D eigenvalue weighted by Gasteiger charge is -2.30. The van der Waals surface area contributed by atoms with Gasteiger partial charge in [0.2, 0.25) is 10.0 Å². The summed E-state index contributed by atoms with van der Waals surface area (Å²) in [5.74, 6) is -0.163. The van der Waals surface area contributed by atoms with Crippen LogP contribution >= 0.6 is 8.25 Å². The van der Waals surface area contributed by atoms with Gasteiger partial charge >= 0.3 is 14.3 Å². The molecule has 4 unspecified atom stereocenters. The Bertz CT molecular complexity index is 1260. The van der Waals surface area contributed by atoms with Gasteiger partial charge in [0.25, 0.3) is 5.69 Å². The number of benzene rings is 2. The zero-order valence-corrected chi connectivity index (χ0v) is 23.8. The van der Waals surface area contributed by atoms with E-state index in [-0.39, 0.29) is 36.1 Å². The number of nitro benzene ring substituents is 1. The smallest absolute Gasteiger partial charge is 0.444 e. The van der Waals surface area contributed by atoms with Crippen LogP contribution in [0.25, 0.3) is 0 Å². The quantitative estimate of drug-likeness (QED) is 0.186. The molecular weight excluding hydrogens is 565 g/mol. The van der Waals surface area contributed by atoms with Crippen LogP contribution in [-0.2, 0) is 35.0 Å². The lowest BCUT2D eigenvalue weighted by atomic mass is 10.0. The molecule has 0 aromatic heterocycles. The largest absolute Gasteiger partial charge is 0.695 e. The van der Waals surface area contributed by atoms with Gasteiger partial charge in [0.15, 0.2) is 6.10 Å². The first kappa shape index (κ1) is 31.5. The van der Waals surface area contributed by atoms with Gasteiger partial charge in [-0.3, -0.25) is 10.1 Å². The number of nitrogens with zero attached hydrogens (tertiary/aromatic N) is 2. The molecule has 1 amide bonds. The van der Waals surface area contributed by atoms with E-state index in [9.17, 15) is 32.8 Å². The molecule has 0 radical (unpaired) electrons. The third-order valence-corrected chi connectivity index (χ3v) is 8.37. The lowest BCUT2D eigenvalue weighted by Crippen LogP contribution is -2.52. The van der Waals surface area contributed by atoms with Gasteiger partial charge in [-0.2, -0.15) is 4.31 Å². The van der Waals surface area contributed by atoms with Crippen LogP contribution in [0.5, 0.6) is 0 Å². The van der Waals surface area contributed by atoms with Crippen LogP contribution < -0.4 is 5.32 Å². The average molecular weight is 599 g/mol. The number of alkyl carbamates (subject to hydrolysis) is 1. The van der Waals surface area contributed by atoms with Crippen molar-refractivity contribution in [2.75, 3.05) is 26.3 Å². The summed E-state index contributed by atoms with van der Waals surface area (Å²) < 4.78 is 56.2. The average Bonchev–Trinajstić information content (AvgIpc) is 3.40. The van der Waals surface area contributed by atoms with Crippen molar-refractivity contribution in [3.05, 3.63) is 70.3 Å². The minimum Gasteiger partial charge on any atom is -0.444 e. The van der Waals surface area contributed by atoms with Crippen molar-refractivity contribution in [2.45, 2.75) is 49.8 Å². The van der Waals surface area contributed by atoms with E-state index < -0.39 is 54.1 Å². The van der Waals surface area contributed by atoms with Crippen molar-refractivity contribution in [3.8, 4) is 0 Å². The molecule has 218 valence electrons. The van der Waals surface area contributed by atoms with E-state index in [1.165, 1.54) is 0 Å². The number of rotatable bonds is 14. The second-order valence-corrected chi connectivity index (χ2v) is 12.3. The summed E-state index contributed by atoms with van der Waals surface area (Å²) in [6.07, 6.45) is -1.86. The maximum Gasteiger partial charge on any atom is 0.695 e. The van der Waals surface area contributed by atoms with Crippen LogP contribution in [0.2, 0.25) is 0 Å². The van der Waals surface area contributed by atoms with Crippen molar-refractivity contribution < 1.29 is 41.6 Å². The highest BCUT2D eigenvalue weighted by Gasteiger charge is 2.38. The van der Waals surface area contributed by atoms with E-state index in [4.69, 9.17) is 14.0 Å². The molecule has 1 saturated heterocycles. The predicted octanol–water partition coefficient (Wildman–Crippen LogP) is 3.40. The maximum absolute atomic E-state index is 13.6. The Kier molecular flexibility index (Phi) is 11.5. The standard InChI is InChI=1S/C25H32N3O10PS/c1-18(2)15-27(40(34,35)22-10-8-20(9-11-22)28(30)31)16-24(38-39(32)33)23(14-19-6-4-3-5-7-19)26-25(29)37-21-12-13-36-17-21/h3-11,18,21,23-24H,12-17H2,1-2H3,(H-,26,29,32,33)/p+1. The summed E-state index contributed by atoms with van der Waals surface area (Å²) >= 11 is 0. The van der Waals surface area contributed by atoms with Gasteiger partial charge in [-0.25, -0.2) is 13.2 Å². The fourth-order valence-corrected chi connectivity index (χ4v) is 6.26. The van der Waals surface area contributed by atoms with E-state index in [0.29, 0.717) is 13.0 Å². The SMILES string of the molecule is CC(C)CN(CC(O[P+](=O)O)C(Cc1ccccc1)NC(=O)OC1CCOC1)S(=O)(=O)c1ccc([N+](=O)[O-])cc1. The van der Waals surface area contributed by atoms with Gasteiger partial charge in [-0.15, -0.1) is 9.42 Å². The van der Waals surface area contributed by atoms with E-state index in [0.717, 1.165) is 34.1 Å². The molecule has 15 heteroatoms. The van der Waals surface area contributed by atoms with Gasteiger partial charge < -0.3 is 14.8 Å². The summed E-state index contributed by atoms with van der Waals surface area (Å²) in [4.78, 5) is 32.7. The predicted molar refractivity (Wildman–Crippen MR) is 144 cm³/mol. The molecule has 3 rings (SSSR count). The Morgan fingerprint density at radius 1 is 1.20 bits per heavy atom. The highest BCUT2D eigenvalue weighted by molar-refractivity contribution is 7.89. The van der Waals surface area contributed by atoms with Crippen LogP contribution in [0.3, 0.4) is 0 Å². The number of nitro groups is 1. The van der Waals surface area contributed by atoms with Gasteiger partial charge in [0.05, 0.1) is 29.1 Å². The Balaban J connectivity index is 1.93. The second kappa shape index (κ2) is 14.6. The van der Waals surface area contributed by atoms with E-state index in [1.54, 1.807) is 44.2 Å². The molecule has 1 fully saturated rings. The normalized spacial score (nSPS) is 17.4. The van der Waals surface area contributed by atoms with Crippen LogP contribution in [0, 0.1) is 16.0 Å². The molecular formula is C25H33N3O10PS+. The number of nitrogens with one attached hydrogen (secondary N) is 1. The fraction of sp³-hybridized carbons (Fsp3) is 0.480. The molecule has 0 spiro atoms. The minimum absolute atomic E-state index is 0.00328. The van der Waals surface area contributed by atoms with Crippen molar-refractivity contribution in [1.29, 1.82) is 0 Å². The Morgan fingerprint density at radius 2 is 1.88 bits per heavy atom. The molecule has 1 aliphatic heterocycles. The van der Waals surface area contributed by atoms with Crippen molar-refractivity contribution in [1.82, 2.24) is 9.62 Å². The second-order valence-electron chi connectivity index (χ2n) is 9.68. The molecule has 4 atom stereocenters. The number of amides is 1. The summed E-state index contributed by atoms with van der Waals surface area (Å²) in [6.45, 7) is 3.89. The molecule has 2 aromatic carbocycles. The van der Waals surface area contributed by atoms with Crippen LogP contribution in [0.1, 0.15) is 25.8 Å². The van der Waals surface area contributed by atoms with E-state index in [1.807, 2.05) is 0 Å². The third-order valence-electron chi connectivity index (χ3n) is 6.08. The molecule has 0 aliphatic carbocycles. The van der Waals surface area contributed by atoms with Crippen LogP contribution in [0.4, 0.5) is 10.5 Å². The van der Waals surface area contributed by atoms with Crippen molar-refractivity contribution >= 4 is 30.1 Å². The Hall–Kier alpha value is -3.00. The number of sulfonamides is 1. The highest BCUT2D eigenvalue weighted by Crippen LogP contribution is 2.26. The third kappa shape index (κ3) is 9.29. The maximum atomic E-state index is 13.6. The summed E-state index contributed by atoms with van der Waals surface area (Å²) in [5.41, 5.74) is 0.485. The number of hydrogen-bond donors (Lipinski definition) is 2. The molecule has 40 heavy (non-hydrogen) atoms. The highest BCUT2D eigenvalue weighted by atomic mass is 32.2. The van der Waals surface area contributed by atoms with Gasteiger partial charge in [0, 0.05) is 36.2 Å². The monoisotopic (exact) mass is 598 g/mol. The molecule has 13 nitrogen and oxygen atoms in total. The van der Waals surface area contributed by atoms with Crippen LogP contribution in [0.15, 0.2) is 59.5 Å². The molecule has 2 N–H and O–H groups in total. The number of carbonyl (C=O) groups is 1. The van der Waals surface area contributed by atoms with Crippen molar-refractivity contribution in [2.24, 2.45) is 5.92 Å².